The van der Waals surface area contributed by atoms with E-state index in [1.54, 1.807) is 0 Å². The van der Waals surface area contributed by atoms with Crippen LogP contribution >= 0.6 is 0 Å². The molecule has 0 saturated heterocycles. The number of nitrogens with zero attached hydrogens (tertiary/aromatic N) is 3. The van der Waals surface area contributed by atoms with Crippen molar-refractivity contribution in [1.29, 1.82) is 0 Å². The lowest BCUT2D eigenvalue weighted by atomic mass is 9.94. The SMILES string of the molecule is c1ccc2c(c1)oc1nc3n(-c4ccc5c6ccccc6c6ccccc6c5c4)c4ccccc4n3c12. The fraction of sp³-hybridized carbons (Fsp3) is 0. The highest BCUT2D eigenvalue weighted by molar-refractivity contribution is 6.25. The largest absolute Gasteiger partial charge is 0.436 e. The van der Waals surface area contributed by atoms with Crippen LogP contribution in [-0.2, 0) is 0 Å². The van der Waals surface area contributed by atoms with E-state index in [4.69, 9.17) is 9.40 Å². The van der Waals surface area contributed by atoms with Gasteiger partial charge in [-0.3, -0.25) is 8.97 Å². The van der Waals surface area contributed by atoms with Crippen LogP contribution in [0.5, 0.6) is 0 Å². The molecule has 0 bridgehead atoms. The maximum absolute atomic E-state index is 6.17. The van der Waals surface area contributed by atoms with Crippen molar-refractivity contribution in [3.8, 4) is 5.69 Å². The summed E-state index contributed by atoms with van der Waals surface area (Å²) in [5.74, 6) is 0.852. The van der Waals surface area contributed by atoms with E-state index in [0.717, 1.165) is 39.0 Å². The zero-order valence-electron chi connectivity index (χ0n) is 19.7. The molecule has 0 radical (unpaired) electrons. The molecule has 0 aliphatic carbocycles. The quantitative estimate of drug-likeness (QED) is 0.224. The molecule has 172 valence electrons. The molecule has 3 aromatic heterocycles. The van der Waals surface area contributed by atoms with Crippen molar-refractivity contribution in [1.82, 2.24) is 14.0 Å². The molecule has 6 aromatic carbocycles. The number of rotatable bonds is 1. The van der Waals surface area contributed by atoms with Crippen molar-refractivity contribution in [3.05, 3.63) is 115 Å². The lowest BCUT2D eigenvalue weighted by Crippen LogP contribution is -1.95. The Bertz CT molecular complexity index is 2330. The van der Waals surface area contributed by atoms with Crippen molar-refractivity contribution in [2.75, 3.05) is 0 Å². The molecule has 4 nitrogen and oxygen atoms in total. The van der Waals surface area contributed by atoms with E-state index in [-0.39, 0.29) is 0 Å². The molecule has 0 atom stereocenters. The van der Waals surface area contributed by atoms with Crippen LogP contribution in [-0.4, -0.2) is 14.0 Å². The van der Waals surface area contributed by atoms with Crippen LogP contribution in [0.1, 0.15) is 0 Å². The zero-order chi connectivity index (χ0) is 24.1. The molecule has 9 rings (SSSR count). The van der Waals surface area contributed by atoms with Crippen LogP contribution in [0.3, 0.4) is 0 Å². The van der Waals surface area contributed by atoms with Gasteiger partial charge >= 0.3 is 0 Å². The first-order chi connectivity index (χ1) is 18.4. The first-order valence-corrected chi connectivity index (χ1v) is 12.5. The van der Waals surface area contributed by atoms with Crippen LogP contribution in [0.15, 0.2) is 120 Å². The lowest BCUT2D eigenvalue weighted by molar-refractivity contribution is 0.656. The summed E-state index contributed by atoms with van der Waals surface area (Å²) in [6.45, 7) is 0. The summed E-state index contributed by atoms with van der Waals surface area (Å²) >= 11 is 0. The third-order valence-electron chi connectivity index (χ3n) is 7.73. The number of hydrogen-bond acceptors (Lipinski definition) is 2. The second-order valence-electron chi connectivity index (χ2n) is 9.64. The number of para-hydroxylation sites is 3. The van der Waals surface area contributed by atoms with Crippen molar-refractivity contribution in [2.24, 2.45) is 0 Å². The fourth-order valence-electron chi connectivity index (χ4n) is 6.17. The Morgan fingerprint density at radius 3 is 1.81 bits per heavy atom. The van der Waals surface area contributed by atoms with Crippen molar-refractivity contribution >= 4 is 71.3 Å². The molecule has 3 heterocycles. The predicted molar refractivity (Wildman–Crippen MR) is 152 cm³/mol. The second kappa shape index (κ2) is 6.77. The van der Waals surface area contributed by atoms with Gasteiger partial charge in [-0.1, -0.05) is 78.9 Å². The highest BCUT2D eigenvalue weighted by atomic mass is 16.3. The maximum atomic E-state index is 6.17. The molecular weight excluding hydrogens is 454 g/mol. The van der Waals surface area contributed by atoms with Gasteiger partial charge in [0.25, 0.3) is 0 Å². The molecule has 4 heteroatoms. The Labute approximate surface area is 210 Å². The Kier molecular flexibility index (Phi) is 3.50. The third kappa shape index (κ3) is 2.39. The number of benzene rings is 6. The Hall–Kier alpha value is -5.09. The van der Waals surface area contributed by atoms with Gasteiger partial charge in [0.15, 0.2) is 0 Å². The van der Waals surface area contributed by atoms with E-state index in [1.807, 2.05) is 12.1 Å². The van der Waals surface area contributed by atoms with E-state index < -0.39 is 0 Å². The van der Waals surface area contributed by atoms with Crippen molar-refractivity contribution in [3.63, 3.8) is 0 Å². The Morgan fingerprint density at radius 2 is 1.08 bits per heavy atom. The number of imidazole rings is 2. The fourth-order valence-corrected chi connectivity index (χ4v) is 6.17. The van der Waals surface area contributed by atoms with E-state index in [1.165, 1.54) is 32.3 Å². The first kappa shape index (κ1) is 19.1. The van der Waals surface area contributed by atoms with Gasteiger partial charge in [-0.15, -0.1) is 0 Å². The smallest absolute Gasteiger partial charge is 0.248 e. The van der Waals surface area contributed by atoms with Crippen LogP contribution in [0.2, 0.25) is 0 Å². The zero-order valence-corrected chi connectivity index (χ0v) is 19.7. The summed E-state index contributed by atoms with van der Waals surface area (Å²) in [5.41, 5.74) is 5.83. The number of fused-ring (bicyclic) bond motifs is 13. The monoisotopic (exact) mass is 473 g/mol. The molecule has 9 aromatic rings. The molecule has 0 N–H and O–H groups in total. The summed E-state index contributed by atoms with van der Waals surface area (Å²) < 4.78 is 10.7. The van der Waals surface area contributed by atoms with E-state index in [2.05, 4.69) is 112 Å². The van der Waals surface area contributed by atoms with E-state index in [9.17, 15) is 0 Å². The van der Waals surface area contributed by atoms with Crippen molar-refractivity contribution in [2.45, 2.75) is 0 Å². The standard InChI is InChI=1S/C33H19N3O/c1-2-11-23-21(9-1)22-10-3-4-12-24(22)27-19-20(17-18-25(23)27)35-28-14-6-7-15-29(28)36-31-26-13-5-8-16-30(26)37-32(31)34-33(35)36/h1-19H. The molecule has 0 saturated carbocycles. The van der Waals surface area contributed by atoms with Gasteiger partial charge in [0.2, 0.25) is 11.5 Å². The summed E-state index contributed by atoms with van der Waals surface area (Å²) in [7, 11) is 0. The number of hydrogen-bond donors (Lipinski definition) is 0. The maximum Gasteiger partial charge on any atom is 0.248 e. The molecule has 0 aliphatic heterocycles. The van der Waals surface area contributed by atoms with E-state index >= 15 is 0 Å². The highest BCUT2D eigenvalue weighted by Crippen LogP contribution is 2.38. The summed E-state index contributed by atoms with van der Waals surface area (Å²) in [5, 5.41) is 8.66. The van der Waals surface area contributed by atoms with Crippen LogP contribution in [0.4, 0.5) is 0 Å². The van der Waals surface area contributed by atoms with E-state index in [0.29, 0.717) is 5.71 Å². The van der Waals surface area contributed by atoms with Crippen LogP contribution in [0, 0.1) is 0 Å². The minimum Gasteiger partial charge on any atom is -0.436 e. The third-order valence-corrected chi connectivity index (χ3v) is 7.73. The molecule has 0 amide bonds. The molecule has 0 aliphatic rings. The molecule has 0 fully saturated rings. The highest BCUT2D eigenvalue weighted by Gasteiger charge is 2.21. The minimum atomic E-state index is 0.660. The summed E-state index contributed by atoms with van der Waals surface area (Å²) in [6.07, 6.45) is 0. The summed E-state index contributed by atoms with van der Waals surface area (Å²) in [4.78, 5) is 5.02. The predicted octanol–water partition coefficient (Wildman–Crippen LogP) is 8.64. The second-order valence-corrected chi connectivity index (χ2v) is 9.64. The average molecular weight is 474 g/mol. The Morgan fingerprint density at radius 1 is 0.514 bits per heavy atom. The molecule has 0 spiro atoms. The lowest BCUT2D eigenvalue weighted by Gasteiger charge is -2.12. The van der Waals surface area contributed by atoms with Gasteiger partial charge in [0, 0.05) is 11.1 Å². The topological polar surface area (TPSA) is 35.4 Å². The minimum absolute atomic E-state index is 0.660. The molecule has 37 heavy (non-hydrogen) atoms. The molecular formula is C33H19N3O. The summed E-state index contributed by atoms with van der Waals surface area (Å²) in [6, 6.07) is 40.8. The number of furan rings is 1. The number of aromatic nitrogens is 3. The van der Waals surface area contributed by atoms with Gasteiger partial charge in [-0.2, -0.15) is 4.98 Å². The van der Waals surface area contributed by atoms with Crippen LogP contribution < -0.4 is 0 Å². The van der Waals surface area contributed by atoms with Gasteiger partial charge in [-0.25, -0.2) is 0 Å². The first-order valence-electron chi connectivity index (χ1n) is 12.5. The normalized spacial score (nSPS) is 12.3. The molecule has 0 unspecified atom stereocenters. The Balaban J connectivity index is 1.45. The van der Waals surface area contributed by atoms with Gasteiger partial charge in [0.05, 0.1) is 11.0 Å². The van der Waals surface area contributed by atoms with Gasteiger partial charge < -0.3 is 4.42 Å². The average Bonchev–Trinajstić information content (AvgIpc) is 3.59. The van der Waals surface area contributed by atoms with Gasteiger partial charge in [-0.05, 0) is 68.7 Å². The van der Waals surface area contributed by atoms with Gasteiger partial charge in [0.1, 0.15) is 11.1 Å². The van der Waals surface area contributed by atoms with Crippen LogP contribution in [0.25, 0.3) is 77.0 Å². The van der Waals surface area contributed by atoms with Crippen molar-refractivity contribution < 1.29 is 4.42 Å².